The Morgan fingerprint density at radius 2 is 1.75 bits per heavy atom. The molecule has 1 aliphatic carbocycles. The van der Waals surface area contributed by atoms with Crippen LogP contribution in [0.5, 0.6) is 5.75 Å². The van der Waals surface area contributed by atoms with Crippen molar-refractivity contribution >= 4 is 47.6 Å². The van der Waals surface area contributed by atoms with Gasteiger partial charge in [-0.05, 0) is 56.9 Å². The standard InChI is InChI=1S/C32H44N8O2SSi/c1-44(2,3)15-14-41-22-35-30-27(32-39-38-31(43-32)23-8-4-5-9-23)18-28-29(37-30)17-25(20-34-28)36-24-16-26(21-33-19-24)42-13-12-40-10-6-7-11-40/h16-21,23,36H,4-15,22H2,1-3H3,(H,35,37). The molecule has 0 spiro atoms. The largest absolute Gasteiger partial charge is 0.491 e. The van der Waals surface area contributed by atoms with E-state index in [0.717, 1.165) is 68.7 Å². The molecule has 0 unspecified atom stereocenters. The van der Waals surface area contributed by atoms with Gasteiger partial charge in [0, 0.05) is 33.2 Å². The quantitative estimate of drug-likeness (QED) is 0.0845. The molecule has 2 N–H and O–H groups in total. The second-order valence-corrected chi connectivity index (χ2v) is 19.7. The lowest BCUT2D eigenvalue weighted by Crippen LogP contribution is -2.25. The fourth-order valence-electron chi connectivity index (χ4n) is 5.70. The molecule has 1 saturated carbocycles. The van der Waals surface area contributed by atoms with Crippen molar-refractivity contribution in [2.45, 2.75) is 70.1 Å². The van der Waals surface area contributed by atoms with E-state index in [-0.39, 0.29) is 0 Å². The maximum atomic E-state index is 5.99. The number of pyridine rings is 3. The molecule has 12 heteroatoms. The van der Waals surface area contributed by atoms with Crippen LogP contribution in [0.3, 0.4) is 0 Å². The van der Waals surface area contributed by atoms with Gasteiger partial charge in [-0.25, -0.2) is 4.98 Å². The van der Waals surface area contributed by atoms with Crippen LogP contribution in [-0.4, -0.2) is 77.7 Å². The lowest BCUT2D eigenvalue weighted by atomic mass is 10.1. The number of fused-ring (bicyclic) bond motifs is 1. The summed E-state index contributed by atoms with van der Waals surface area (Å²) in [7, 11) is -1.17. The number of rotatable bonds is 14. The van der Waals surface area contributed by atoms with Gasteiger partial charge in [0.1, 0.15) is 29.9 Å². The van der Waals surface area contributed by atoms with Gasteiger partial charge in [-0.2, -0.15) is 0 Å². The zero-order valence-corrected chi connectivity index (χ0v) is 28.0. The molecule has 4 aromatic rings. The van der Waals surface area contributed by atoms with Crippen molar-refractivity contribution < 1.29 is 9.47 Å². The van der Waals surface area contributed by atoms with Crippen molar-refractivity contribution in [3.05, 3.63) is 41.8 Å². The van der Waals surface area contributed by atoms with Crippen molar-refractivity contribution in [1.82, 2.24) is 30.0 Å². The van der Waals surface area contributed by atoms with Crippen molar-refractivity contribution in [3.8, 4) is 16.3 Å². The Labute approximate surface area is 265 Å². The van der Waals surface area contributed by atoms with E-state index >= 15 is 0 Å². The number of hydrogen-bond donors (Lipinski definition) is 2. The molecule has 0 radical (unpaired) electrons. The van der Waals surface area contributed by atoms with Gasteiger partial charge in [-0.3, -0.25) is 14.9 Å². The van der Waals surface area contributed by atoms with E-state index in [1.54, 1.807) is 23.7 Å². The number of hydrogen-bond acceptors (Lipinski definition) is 11. The molecule has 44 heavy (non-hydrogen) atoms. The lowest BCUT2D eigenvalue weighted by molar-refractivity contribution is 0.165. The fourth-order valence-corrected chi connectivity index (χ4v) is 7.49. The van der Waals surface area contributed by atoms with Gasteiger partial charge in [0.15, 0.2) is 5.01 Å². The zero-order valence-electron chi connectivity index (χ0n) is 26.1. The van der Waals surface area contributed by atoms with Gasteiger partial charge in [-0.15, -0.1) is 10.2 Å². The first-order valence-corrected chi connectivity index (χ1v) is 20.5. The summed E-state index contributed by atoms with van der Waals surface area (Å²) in [6.45, 7) is 12.1. The van der Waals surface area contributed by atoms with Crippen LogP contribution in [-0.2, 0) is 4.74 Å². The molecule has 0 atom stereocenters. The third-order valence-electron chi connectivity index (χ3n) is 8.26. The molecule has 234 valence electrons. The lowest BCUT2D eigenvalue weighted by Gasteiger charge is -2.16. The molecule has 0 bridgehead atoms. The molecule has 6 rings (SSSR count). The van der Waals surface area contributed by atoms with Crippen LogP contribution in [0.4, 0.5) is 17.2 Å². The third kappa shape index (κ3) is 8.29. The monoisotopic (exact) mass is 632 g/mol. The second-order valence-electron chi connectivity index (χ2n) is 13.0. The van der Waals surface area contributed by atoms with E-state index in [9.17, 15) is 0 Å². The summed E-state index contributed by atoms with van der Waals surface area (Å²) >= 11 is 1.67. The molecule has 1 aliphatic heterocycles. The first-order chi connectivity index (χ1) is 21.4. The van der Waals surface area contributed by atoms with Crippen LogP contribution in [0.2, 0.25) is 25.7 Å². The summed E-state index contributed by atoms with van der Waals surface area (Å²) in [5, 5.41) is 18.0. The molecule has 0 aromatic carbocycles. The van der Waals surface area contributed by atoms with Crippen molar-refractivity contribution in [3.63, 3.8) is 0 Å². The maximum absolute atomic E-state index is 5.99. The number of nitrogens with one attached hydrogen (secondary N) is 2. The Morgan fingerprint density at radius 3 is 2.57 bits per heavy atom. The Morgan fingerprint density at radius 1 is 0.932 bits per heavy atom. The number of anilines is 3. The second kappa shape index (κ2) is 14.3. The van der Waals surface area contributed by atoms with E-state index in [1.807, 2.05) is 18.3 Å². The predicted octanol–water partition coefficient (Wildman–Crippen LogP) is 7.14. The Bertz CT molecular complexity index is 1530. The Hall–Kier alpha value is -3.19. The van der Waals surface area contributed by atoms with E-state index in [0.29, 0.717) is 19.3 Å². The number of aromatic nitrogens is 5. The van der Waals surface area contributed by atoms with Crippen LogP contribution < -0.4 is 15.4 Å². The average Bonchev–Trinajstić information content (AvgIpc) is 3.80. The smallest absolute Gasteiger partial charge is 0.151 e. The van der Waals surface area contributed by atoms with Crippen LogP contribution in [0.25, 0.3) is 21.6 Å². The molecule has 2 aliphatic rings. The van der Waals surface area contributed by atoms with Gasteiger partial charge in [0.2, 0.25) is 0 Å². The highest BCUT2D eigenvalue weighted by Crippen LogP contribution is 2.39. The maximum Gasteiger partial charge on any atom is 0.151 e. The summed E-state index contributed by atoms with van der Waals surface area (Å²) in [6.07, 6.45) is 12.9. The first-order valence-electron chi connectivity index (χ1n) is 15.9. The summed E-state index contributed by atoms with van der Waals surface area (Å²) in [4.78, 5) is 16.6. The normalized spacial score (nSPS) is 16.2. The van der Waals surface area contributed by atoms with Gasteiger partial charge in [0.05, 0.1) is 46.6 Å². The van der Waals surface area contributed by atoms with Crippen LogP contribution in [0.15, 0.2) is 36.8 Å². The Kier molecular flexibility index (Phi) is 10.00. The van der Waals surface area contributed by atoms with Gasteiger partial charge in [-0.1, -0.05) is 43.8 Å². The fraction of sp³-hybridized carbons (Fsp3) is 0.531. The molecule has 2 fully saturated rings. The third-order valence-corrected chi connectivity index (χ3v) is 11.1. The molecule has 0 amide bonds. The van der Waals surface area contributed by atoms with Crippen molar-refractivity contribution in [2.24, 2.45) is 0 Å². The van der Waals surface area contributed by atoms with Crippen LogP contribution >= 0.6 is 11.3 Å². The summed E-state index contributed by atoms with van der Waals surface area (Å²) in [5.74, 6) is 2.00. The first kappa shape index (κ1) is 30.8. The molecule has 4 aromatic heterocycles. The molecule has 10 nitrogen and oxygen atoms in total. The molecule has 1 saturated heterocycles. The highest BCUT2D eigenvalue weighted by Gasteiger charge is 2.23. The highest BCUT2D eigenvalue weighted by atomic mass is 32.1. The minimum atomic E-state index is -1.17. The molecular weight excluding hydrogens is 589 g/mol. The van der Waals surface area contributed by atoms with Gasteiger partial charge < -0.3 is 20.1 Å². The minimum Gasteiger partial charge on any atom is -0.491 e. The summed E-state index contributed by atoms with van der Waals surface area (Å²) < 4.78 is 12.0. The number of likely N-dealkylation sites (tertiary alicyclic amines) is 1. The SMILES string of the molecule is C[Si](C)(C)CCOCNc1nc2cc(Nc3cncc(OCCN4CCCC4)c3)cnc2cc1-c1nnc(C2CCCC2)s1. The topological polar surface area (TPSA) is 110 Å². The minimum absolute atomic E-state index is 0.381. The van der Waals surface area contributed by atoms with Crippen LogP contribution in [0, 0.1) is 0 Å². The number of nitrogens with zero attached hydrogens (tertiary/aromatic N) is 6. The summed E-state index contributed by atoms with van der Waals surface area (Å²) in [5.41, 5.74) is 4.14. The van der Waals surface area contributed by atoms with E-state index < -0.39 is 8.07 Å². The predicted molar refractivity (Wildman–Crippen MR) is 181 cm³/mol. The average molecular weight is 633 g/mol. The summed E-state index contributed by atoms with van der Waals surface area (Å²) in [6, 6.07) is 7.16. The van der Waals surface area contributed by atoms with Crippen LogP contribution in [0.1, 0.15) is 49.5 Å². The van der Waals surface area contributed by atoms with E-state index in [1.165, 1.54) is 51.6 Å². The zero-order chi connectivity index (χ0) is 30.4. The van der Waals surface area contributed by atoms with Gasteiger partial charge >= 0.3 is 0 Å². The molecule has 5 heterocycles. The number of ether oxygens (including phenoxy) is 2. The van der Waals surface area contributed by atoms with Gasteiger partial charge in [0.25, 0.3) is 0 Å². The van der Waals surface area contributed by atoms with E-state index in [2.05, 4.69) is 56.4 Å². The highest BCUT2D eigenvalue weighted by molar-refractivity contribution is 7.14. The van der Waals surface area contributed by atoms with Crippen molar-refractivity contribution in [2.75, 3.05) is 50.2 Å². The molecular formula is C32H44N8O2SSi. The Balaban J connectivity index is 1.18. The van der Waals surface area contributed by atoms with Crippen molar-refractivity contribution in [1.29, 1.82) is 0 Å². The van der Waals surface area contributed by atoms with E-state index in [4.69, 9.17) is 19.4 Å².